The standard InChI is InChI=1S/C22H25F3N4O3/c23-22(24,25)17-2-1-3-18(12-17)27-7-9-28(10-8-27)20(30)13-19-21(31)26-5-6-29(19)14-16-4-11-32-15-16/h1-4,11-12,15,19H,5-10,13-14H2,(H,26,31)/t19-/m0/s1. The van der Waals surface area contributed by atoms with Gasteiger partial charge in [-0.15, -0.1) is 0 Å². The van der Waals surface area contributed by atoms with Gasteiger partial charge in [0, 0.05) is 57.1 Å². The second kappa shape index (κ2) is 9.23. The lowest BCUT2D eigenvalue weighted by atomic mass is 10.1. The predicted molar refractivity (Wildman–Crippen MR) is 111 cm³/mol. The van der Waals surface area contributed by atoms with Crippen molar-refractivity contribution in [2.75, 3.05) is 44.2 Å². The van der Waals surface area contributed by atoms with Gasteiger partial charge in [-0.3, -0.25) is 14.5 Å². The van der Waals surface area contributed by atoms with Gasteiger partial charge in [0.05, 0.1) is 30.6 Å². The Bertz CT molecular complexity index is 940. The summed E-state index contributed by atoms with van der Waals surface area (Å²) in [5, 5.41) is 2.82. The molecule has 2 saturated heterocycles. The van der Waals surface area contributed by atoms with E-state index in [1.165, 1.54) is 6.07 Å². The largest absolute Gasteiger partial charge is 0.472 e. The number of anilines is 1. The molecule has 2 aromatic rings. The molecule has 0 saturated carbocycles. The average Bonchev–Trinajstić information content (AvgIpc) is 3.29. The Kier molecular flexibility index (Phi) is 6.40. The number of carbonyl (C=O) groups excluding carboxylic acids is 2. The van der Waals surface area contributed by atoms with Crippen LogP contribution >= 0.6 is 0 Å². The first-order valence-electron chi connectivity index (χ1n) is 10.5. The molecule has 1 aromatic heterocycles. The molecular formula is C22H25F3N4O3. The summed E-state index contributed by atoms with van der Waals surface area (Å²) in [6.07, 6.45) is -1.13. The summed E-state index contributed by atoms with van der Waals surface area (Å²) in [5.41, 5.74) is 0.742. The zero-order valence-corrected chi connectivity index (χ0v) is 17.5. The minimum atomic E-state index is -4.39. The van der Waals surface area contributed by atoms with E-state index >= 15 is 0 Å². The summed E-state index contributed by atoms with van der Waals surface area (Å²) in [5.74, 6) is -0.302. The van der Waals surface area contributed by atoms with Crippen molar-refractivity contribution in [3.63, 3.8) is 0 Å². The topological polar surface area (TPSA) is 69.0 Å². The van der Waals surface area contributed by atoms with Crippen LogP contribution in [-0.2, 0) is 22.3 Å². The van der Waals surface area contributed by atoms with Crippen LogP contribution < -0.4 is 10.2 Å². The number of nitrogens with zero attached hydrogens (tertiary/aromatic N) is 3. The van der Waals surface area contributed by atoms with Crippen LogP contribution in [0, 0.1) is 0 Å². The van der Waals surface area contributed by atoms with E-state index in [1.807, 2.05) is 15.9 Å². The van der Waals surface area contributed by atoms with Gasteiger partial charge in [0.25, 0.3) is 0 Å². The second-order valence-electron chi connectivity index (χ2n) is 8.03. The fraction of sp³-hybridized carbons (Fsp3) is 0.455. The molecule has 0 radical (unpaired) electrons. The monoisotopic (exact) mass is 450 g/mol. The van der Waals surface area contributed by atoms with E-state index in [-0.39, 0.29) is 18.2 Å². The molecule has 0 spiro atoms. The van der Waals surface area contributed by atoms with Gasteiger partial charge in [0.1, 0.15) is 0 Å². The molecule has 3 heterocycles. The van der Waals surface area contributed by atoms with Gasteiger partial charge in [-0.2, -0.15) is 13.2 Å². The highest BCUT2D eigenvalue weighted by molar-refractivity contribution is 5.89. The zero-order valence-electron chi connectivity index (χ0n) is 17.5. The van der Waals surface area contributed by atoms with Crippen molar-refractivity contribution in [3.8, 4) is 0 Å². The molecule has 10 heteroatoms. The van der Waals surface area contributed by atoms with Crippen molar-refractivity contribution in [3.05, 3.63) is 54.0 Å². The molecule has 0 bridgehead atoms. The Morgan fingerprint density at radius 2 is 1.91 bits per heavy atom. The molecule has 0 aliphatic carbocycles. The van der Waals surface area contributed by atoms with E-state index in [9.17, 15) is 22.8 Å². The van der Waals surface area contributed by atoms with Crippen molar-refractivity contribution in [1.29, 1.82) is 0 Å². The fourth-order valence-electron chi connectivity index (χ4n) is 4.18. The van der Waals surface area contributed by atoms with Crippen LogP contribution in [0.1, 0.15) is 17.5 Å². The number of hydrogen-bond donors (Lipinski definition) is 1. The summed E-state index contributed by atoms with van der Waals surface area (Å²) < 4.78 is 44.1. The van der Waals surface area contributed by atoms with Crippen LogP contribution in [0.3, 0.4) is 0 Å². The number of carbonyl (C=O) groups is 2. The van der Waals surface area contributed by atoms with E-state index in [1.54, 1.807) is 23.5 Å². The number of hydrogen-bond acceptors (Lipinski definition) is 5. The molecule has 32 heavy (non-hydrogen) atoms. The minimum Gasteiger partial charge on any atom is -0.472 e. The van der Waals surface area contributed by atoms with Gasteiger partial charge in [-0.05, 0) is 24.3 Å². The Morgan fingerprint density at radius 1 is 1.12 bits per heavy atom. The summed E-state index contributed by atoms with van der Waals surface area (Å²) in [6, 6.07) is 6.50. The summed E-state index contributed by atoms with van der Waals surface area (Å²) in [4.78, 5) is 30.9. The van der Waals surface area contributed by atoms with E-state index in [0.717, 1.165) is 17.7 Å². The SMILES string of the molecule is O=C1NCCN(Cc2ccoc2)[C@H]1CC(=O)N1CCN(c2cccc(C(F)(F)F)c2)CC1. The Labute approximate surface area is 183 Å². The van der Waals surface area contributed by atoms with Crippen molar-refractivity contribution in [1.82, 2.24) is 15.1 Å². The highest BCUT2D eigenvalue weighted by atomic mass is 19.4. The number of rotatable bonds is 5. The second-order valence-corrected chi connectivity index (χ2v) is 8.03. The molecule has 1 atom stereocenters. The third kappa shape index (κ3) is 5.07. The fourth-order valence-corrected chi connectivity index (χ4v) is 4.18. The third-order valence-electron chi connectivity index (χ3n) is 5.95. The van der Waals surface area contributed by atoms with Crippen molar-refractivity contribution in [2.24, 2.45) is 0 Å². The smallest absolute Gasteiger partial charge is 0.416 e. The molecule has 1 N–H and O–H groups in total. The third-order valence-corrected chi connectivity index (χ3v) is 5.95. The number of benzene rings is 1. The van der Waals surface area contributed by atoms with Gasteiger partial charge in [-0.25, -0.2) is 0 Å². The maximum Gasteiger partial charge on any atom is 0.416 e. The maximum absolute atomic E-state index is 13.0. The van der Waals surface area contributed by atoms with Crippen LogP contribution in [0.5, 0.6) is 0 Å². The normalized spacial score (nSPS) is 20.3. The van der Waals surface area contributed by atoms with Crippen LogP contribution in [0.2, 0.25) is 0 Å². The summed E-state index contributed by atoms with van der Waals surface area (Å²) in [6.45, 7) is 3.34. The molecule has 1 aromatic carbocycles. The first-order valence-corrected chi connectivity index (χ1v) is 10.5. The van der Waals surface area contributed by atoms with Crippen LogP contribution in [0.25, 0.3) is 0 Å². The van der Waals surface area contributed by atoms with Crippen molar-refractivity contribution >= 4 is 17.5 Å². The van der Waals surface area contributed by atoms with E-state index in [4.69, 9.17) is 4.42 Å². The zero-order chi connectivity index (χ0) is 22.7. The molecule has 2 fully saturated rings. The molecule has 2 aliphatic heterocycles. The summed E-state index contributed by atoms with van der Waals surface area (Å²) >= 11 is 0. The Morgan fingerprint density at radius 3 is 2.59 bits per heavy atom. The van der Waals surface area contributed by atoms with E-state index in [2.05, 4.69) is 5.32 Å². The van der Waals surface area contributed by atoms with Crippen molar-refractivity contribution < 1.29 is 27.2 Å². The first kappa shape index (κ1) is 22.2. The molecule has 7 nitrogen and oxygen atoms in total. The Balaban J connectivity index is 1.35. The summed E-state index contributed by atoms with van der Waals surface area (Å²) in [7, 11) is 0. The number of alkyl halides is 3. The highest BCUT2D eigenvalue weighted by Gasteiger charge is 2.34. The lowest BCUT2D eigenvalue weighted by Gasteiger charge is -2.38. The maximum atomic E-state index is 13.0. The van der Waals surface area contributed by atoms with Crippen LogP contribution in [0.15, 0.2) is 47.3 Å². The molecule has 2 amide bonds. The highest BCUT2D eigenvalue weighted by Crippen LogP contribution is 2.32. The number of furan rings is 1. The van der Waals surface area contributed by atoms with E-state index in [0.29, 0.717) is 51.5 Å². The number of amides is 2. The van der Waals surface area contributed by atoms with Gasteiger partial charge in [0.2, 0.25) is 11.8 Å². The molecule has 172 valence electrons. The lowest BCUT2D eigenvalue weighted by Crippen LogP contribution is -2.57. The minimum absolute atomic E-state index is 0.0627. The lowest BCUT2D eigenvalue weighted by molar-refractivity contribution is -0.139. The van der Waals surface area contributed by atoms with Gasteiger partial charge in [-0.1, -0.05) is 6.07 Å². The molecule has 4 rings (SSSR count). The van der Waals surface area contributed by atoms with Gasteiger partial charge in [0.15, 0.2) is 0 Å². The number of piperazine rings is 2. The van der Waals surface area contributed by atoms with Crippen LogP contribution in [-0.4, -0.2) is 66.9 Å². The van der Waals surface area contributed by atoms with E-state index < -0.39 is 17.8 Å². The number of halogens is 3. The molecule has 2 aliphatic rings. The van der Waals surface area contributed by atoms with Gasteiger partial charge < -0.3 is 19.5 Å². The molecular weight excluding hydrogens is 425 g/mol. The van der Waals surface area contributed by atoms with Crippen LogP contribution in [0.4, 0.5) is 18.9 Å². The molecule has 0 unspecified atom stereocenters. The Hall–Kier alpha value is -3.01. The quantitative estimate of drug-likeness (QED) is 0.758. The van der Waals surface area contributed by atoms with Crippen molar-refractivity contribution in [2.45, 2.75) is 25.2 Å². The predicted octanol–water partition coefficient (Wildman–Crippen LogP) is 2.34. The van der Waals surface area contributed by atoms with Gasteiger partial charge >= 0.3 is 6.18 Å². The average molecular weight is 450 g/mol. The first-order chi connectivity index (χ1) is 15.3. The number of nitrogens with one attached hydrogen (secondary N) is 1.